The van der Waals surface area contributed by atoms with Crippen LogP contribution in [-0.4, -0.2) is 44.0 Å². The number of hydrogen-bond acceptors (Lipinski definition) is 5. The molecule has 0 radical (unpaired) electrons. The van der Waals surface area contributed by atoms with Crippen LogP contribution in [0.3, 0.4) is 0 Å². The van der Waals surface area contributed by atoms with E-state index in [9.17, 15) is 4.79 Å². The third-order valence-electron chi connectivity index (χ3n) is 3.05. The zero-order valence-corrected chi connectivity index (χ0v) is 10.4. The largest absolute Gasteiger partial charge is 0.481 e. The van der Waals surface area contributed by atoms with Gasteiger partial charge in [-0.3, -0.25) is 4.79 Å². The molecule has 0 aromatic carbocycles. The Bertz CT molecular complexity index is 401. The van der Waals surface area contributed by atoms with Crippen molar-refractivity contribution in [3.05, 3.63) is 5.82 Å². The highest BCUT2D eigenvalue weighted by atomic mass is 16.5. The lowest BCUT2D eigenvalue weighted by Gasteiger charge is -2.12. The van der Waals surface area contributed by atoms with Crippen LogP contribution < -0.4 is 0 Å². The van der Waals surface area contributed by atoms with Gasteiger partial charge in [0.2, 0.25) is 0 Å². The number of hydrogen-bond donors (Lipinski definition) is 1. The lowest BCUT2D eigenvalue weighted by molar-refractivity contribution is -0.138. The van der Waals surface area contributed by atoms with Gasteiger partial charge < -0.3 is 9.84 Å². The fourth-order valence-corrected chi connectivity index (χ4v) is 2.18. The molecule has 1 aromatic rings. The van der Waals surface area contributed by atoms with E-state index in [-0.39, 0.29) is 18.4 Å². The van der Waals surface area contributed by atoms with Crippen molar-refractivity contribution in [1.82, 2.24) is 20.2 Å². The van der Waals surface area contributed by atoms with Crippen LogP contribution in [0.5, 0.6) is 0 Å². The summed E-state index contributed by atoms with van der Waals surface area (Å²) in [7, 11) is 0. The SMILES string of the molecule is CC(CC(=O)O)Cn1nnnc1CC1CCCO1. The molecule has 0 saturated carbocycles. The Morgan fingerprint density at radius 3 is 3.17 bits per heavy atom. The van der Waals surface area contributed by atoms with Crippen molar-refractivity contribution in [2.24, 2.45) is 5.92 Å². The van der Waals surface area contributed by atoms with Gasteiger partial charge in [-0.1, -0.05) is 6.92 Å². The zero-order valence-electron chi connectivity index (χ0n) is 10.4. The molecule has 1 aliphatic heterocycles. The molecule has 7 heteroatoms. The van der Waals surface area contributed by atoms with Crippen LogP contribution in [0.4, 0.5) is 0 Å². The van der Waals surface area contributed by atoms with E-state index in [0.717, 1.165) is 25.3 Å². The van der Waals surface area contributed by atoms with Crippen LogP contribution in [0, 0.1) is 5.92 Å². The van der Waals surface area contributed by atoms with Gasteiger partial charge >= 0.3 is 5.97 Å². The summed E-state index contributed by atoms with van der Waals surface area (Å²) in [5.41, 5.74) is 0. The standard InChI is InChI=1S/C11H18N4O3/c1-8(5-11(16)17)7-15-10(12-13-14-15)6-9-3-2-4-18-9/h8-9H,2-7H2,1H3,(H,16,17). The minimum atomic E-state index is -0.795. The normalized spacial score (nSPS) is 21.1. The first-order chi connectivity index (χ1) is 8.65. The second kappa shape index (κ2) is 5.90. The monoisotopic (exact) mass is 254 g/mol. The summed E-state index contributed by atoms with van der Waals surface area (Å²) < 4.78 is 7.24. The van der Waals surface area contributed by atoms with E-state index in [1.54, 1.807) is 4.68 Å². The maximum absolute atomic E-state index is 10.6. The van der Waals surface area contributed by atoms with Crippen LogP contribution in [0.1, 0.15) is 32.0 Å². The van der Waals surface area contributed by atoms with Crippen molar-refractivity contribution >= 4 is 5.97 Å². The number of carbonyl (C=O) groups is 1. The quantitative estimate of drug-likeness (QED) is 0.795. The molecular formula is C11H18N4O3. The van der Waals surface area contributed by atoms with Gasteiger partial charge in [0.15, 0.2) is 5.82 Å². The van der Waals surface area contributed by atoms with Crippen LogP contribution in [-0.2, 0) is 22.5 Å². The van der Waals surface area contributed by atoms with Gasteiger partial charge in [-0.15, -0.1) is 5.10 Å². The maximum atomic E-state index is 10.6. The number of aliphatic carboxylic acids is 1. The Morgan fingerprint density at radius 1 is 1.67 bits per heavy atom. The second-order valence-electron chi connectivity index (χ2n) is 4.82. The Hall–Kier alpha value is -1.50. The number of carboxylic acid groups (broad SMARTS) is 1. The van der Waals surface area contributed by atoms with E-state index in [0.29, 0.717) is 13.0 Å². The van der Waals surface area contributed by atoms with E-state index >= 15 is 0 Å². The van der Waals surface area contributed by atoms with Gasteiger partial charge in [-0.2, -0.15) is 0 Å². The average molecular weight is 254 g/mol. The Balaban J connectivity index is 1.92. The van der Waals surface area contributed by atoms with E-state index < -0.39 is 5.97 Å². The highest BCUT2D eigenvalue weighted by molar-refractivity contribution is 5.66. The van der Waals surface area contributed by atoms with Gasteiger partial charge in [0.1, 0.15) is 0 Å². The minimum Gasteiger partial charge on any atom is -0.481 e. The summed E-state index contributed by atoms with van der Waals surface area (Å²) >= 11 is 0. The molecule has 1 fully saturated rings. The molecule has 1 N–H and O–H groups in total. The lowest BCUT2D eigenvalue weighted by atomic mass is 10.1. The third-order valence-corrected chi connectivity index (χ3v) is 3.05. The minimum absolute atomic E-state index is 0.00856. The highest BCUT2D eigenvalue weighted by Crippen LogP contribution is 2.16. The molecule has 1 aliphatic rings. The lowest BCUT2D eigenvalue weighted by Crippen LogP contribution is -2.18. The van der Waals surface area contributed by atoms with Gasteiger partial charge in [0, 0.05) is 26.0 Å². The molecule has 100 valence electrons. The molecule has 2 rings (SSSR count). The number of ether oxygens (including phenoxy) is 1. The molecule has 0 bridgehead atoms. The topological polar surface area (TPSA) is 90.1 Å². The van der Waals surface area contributed by atoms with Crippen molar-refractivity contribution in [2.45, 2.75) is 45.3 Å². The van der Waals surface area contributed by atoms with E-state index in [2.05, 4.69) is 15.5 Å². The molecule has 2 heterocycles. The zero-order chi connectivity index (χ0) is 13.0. The summed E-state index contributed by atoms with van der Waals surface area (Å²) in [5.74, 6) is -0.00960. The first-order valence-corrected chi connectivity index (χ1v) is 6.23. The van der Waals surface area contributed by atoms with E-state index in [4.69, 9.17) is 9.84 Å². The van der Waals surface area contributed by atoms with Crippen molar-refractivity contribution in [1.29, 1.82) is 0 Å². The highest BCUT2D eigenvalue weighted by Gasteiger charge is 2.20. The van der Waals surface area contributed by atoms with Crippen molar-refractivity contribution in [2.75, 3.05) is 6.61 Å². The van der Waals surface area contributed by atoms with Gasteiger partial charge in [0.25, 0.3) is 0 Å². The third kappa shape index (κ3) is 3.49. The van der Waals surface area contributed by atoms with Crippen molar-refractivity contribution in [3.63, 3.8) is 0 Å². The summed E-state index contributed by atoms with van der Waals surface area (Å²) in [6, 6.07) is 0. The Morgan fingerprint density at radius 2 is 2.50 bits per heavy atom. The summed E-state index contributed by atoms with van der Waals surface area (Å²) in [5, 5.41) is 20.3. The molecule has 0 amide bonds. The summed E-state index contributed by atoms with van der Waals surface area (Å²) in [6.07, 6.45) is 3.15. The van der Waals surface area contributed by atoms with Gasteiger partial charge in [-0.25, -0.2) is 4.68 Å². The number of tetrazole rings is 1. The smallest absolute Gasteiger partial charge is 0.303 e. The molecule has 1 saturated heterocycles. The van der Waals surface area contributed by atoms with Crippen LogP contribution in [0.2, 0.25) is 0 Å². The molecule has 1 aromatic heterocycles. The molecular weight excluding hydrogens is 236 g/mol. The van der Waals surface area contributed by atoms with Crippen molar-refractivity contribution < 1.29 is 14.6 Å². The number of carboxylic acids is 1. The first-order valence-electron chi connectivity index (χ1n) is 6.23. The molecule has 0 spiro atoms. The molecule has 7 nitrogen and oxygen atoms in total. The first kappa shape index (κ1) is 12.9. The summed E-state index contributed by atoms with van der Waals surface area (Å²) in [4.78, 5) is 10.6. The molecule has 2 unspecified atom stereocenters. The van der Waals surface area contributed by atoms with Crippen molar-refractivity contribution in [3.8, 4) is 0 Å². The number of rotatable bonds is 6. The van der Waals surface area contributed by atoms with Crippen LogP contribution >= 0.6 is 0 Å². The average Bonchev–Trinajstić information content (AvgIpc) is 2.90. The van der Waals surface area contributed by atoms with E-state index in [1.807, 2.05) is 6.92 Å². The molecule has 0 aliphatic carbocycles. The molecule has 2 atom stereocenters. The predicted molar refractivity (Wildman–Crippen MR) is 61.9 cm³/mol. The summed E-state index contributed by atoms with van der Waals surface area (Å²) in [6.45, 7) is 3.22. The van der Waals surface area contributed by atoms with Crippen LogP contribution in [0.15, 0.2) is 0 Å². The fraction of sp³-hybridized carbons (Fsp3) is 0.818. The van der Waals surface area contributed by atoms with Gasteiger partial charge in [-0.05, 0) is 29.2 Å². The van der Waals surface area contributed by atoms with E-state index in [1.165, 1.54) is 0 Å². The second-order valence-corrected chi connectivity index (χ2v) is 4.82. The molecule has 18 heavy (non-hydrogen) atoms. The number of aromatic nitrogens is 4. The Labute approximate surface area is 105 Å². The fourth-order valence-electron chi connectivity index (χ4n) is 2.18. The number of nitrogens with zero attached hydrogens (tertiary/aromatic N) is 4. The Kier molecular flexibility index (Phi) is 4.24. The van der Waals surface area contributed by atoms with Gasteiger partial charge in [0.05, 0.1) is 6.10 Å². The van der Waals surface area contributed by atoms with Crippen LogP contribution in [0.25, 0.3) is 0 Å². The predicted octanol–water partition coefficient (Wildman–Crippen LogP) is 0.505. The maximum Gasteiger partial charge on any atom is 0.303 e.